The van der Waals surface area contributed by atoms with Crippen molar-refractivity contribution in [1.82, 2.24) is 5.32 Å². The maximum Gasteiger partial charge on any atom is 0.328 e. The van der Waals surface area contributed by atoms with E-state index in [0.717, 1.165) is 16.8 Å². The summed E-state index contributed by atoms with van der Waals surface area (Å²) in [6.07, 6.45) is 3.49. The lowest BCUT2D eigenvalue weighted by Crippen LogP contribution is -2.45. The number of rotatable bonds is 8. The van der Waals surface area contributed by atoms with Crippen LogP contribution in [0.2, 0.25) is 0 Å². The Morgan fingerprint density at radius 1 is 0.971 bits per heavy atom. The first-order valence-electron chi connectivity index (χ1n) is 10.7. The maximum atomic E-state index is 12.6. The first-order valence-corrected chi connectivity index (χ1v) is 10.7. The highest BCUT2D eigenvalue weighted by Crippen LogP contribution is 2.24. The SMILES string of the molecule is COC(=O)[C@@H](NC(=O)c1ccc(/C=C/C(=C(C#N)C#N)c2ccc(N(C)C)cc2)cc1)C(C)C. The van der Waals surface area contributed by atoms with E-state index in [4.69, 9.17) is 4.74 Å². The molecule has 0 heterocycles. The number of anilines is 1. The number of hydrogen-bond donors (Lipinski definition) is 1. The molecule has 1 N–H and O–H groups in total. The molecule has 34 heavy (non-hydrogen) atoms. The van der Waals surface area contributed by atoms with Crippen molar-refractivity contribution >= 4 is 29.2 Å². The molecule has 0 unspecified atom stereocenters. The Morgan fingerprint density at radius 3 is 2.00 bits per heavy atom. The molecule has 2 aromatic rings. The topological polar surface area (TPSA) is 106 Å². The molecule has 1 atom stereocenters. The minimum absolute atomic E-state index is 0.00684. The van der Waals surface area contributed by atoms with E-state index in [9.17, 15) is 20.1 Å². The Labute approximate surface area is 200 Å². The van der Waals surface area contributed by atoms with Gasteiger partial charge in [-0.05, 0) is 41.3 Å². The molecule has 0 radical (unpaired) electrons. The number of nitrogens with zero attached hydrogens (tertiary/aromatic N) is 3. The van der Waals surface area contributed by atoms with E-state index >= 15 is 0 Å². The standard InChI is InChI=1S/C27H28N4O3/c1-18(2)25(27(33)34-5)30-26(32)21-9-6-19(7-10-21)8-15-24(22(16-28)17-29)20-11-13-23(14-12-20)31(3)4/h6-15,18,25H,1-5H3,(H,30,32)/b15-8+/t25-/m0/s1. The van der Waals surface area contributed by atoms with Crippen LogP contribution in [-0.2, 0) is 9.53 Å². The molecule has 0 spiro atoms. The van der Waals surface area contributed by atoms with Crippen LogP contribution in [0.3, 0.4) is 0 Å². The summed E-state index contributed by atoms with van der Waals surface area (Å²) in [5.41, 5.74) is 3.45. The zero-order valence-electron chi connectivity index (χ0n) is 20.0. The summed E-state index contributed by atoms with van der Waals surface area (Å²) in [6, 6.07) is 17.5. The average molecular weight is 457 g/mol. The predicted octanol–water partition coefficient (Wildman–Crippen LogP) is 4.19. The summed E-state index contributed by atoms with van der Waals surface area (Å²) in [6.45, 7) is 3.65. The zero-order valence-corrected chi connectivity index (χ0v) is 20.0. The van der Waals surface area contributed by atoms with Gasteiger partial charge in [0.05, 0.1) is 7.11 Å². The molecule has 7 heteroatoms. The molecule has 0 aliphatic rings. The van der Waals surface area contributed by atoms with Gasteiger partial charge in [0.1, 0.15) is 23.8 Å². The van der Waals surface area contributed by atoms with Gasteiger partial charge in [-0.3, -0.25) is 4.79 Å². The second kappa shape index (κ2) is 12.0. The molecule has 0 aliphatic heterocycles. The van der Waals surface area contributed by atoms with Gasteiger partial charge in [-0.2, -0.15) is 10.5 Å². The van der Waals surface area contributed by atoms with Gasteiger partial charge in [-0.15, -0.1) is 0 Å². The number of nitriles is 2. The highest BCUT2D eigenvalue weighted by Gasteiger charge is 2.25. The third-order valence-corrected chi connectivity index (χ3v) is 5.21. The highest BCUT2D eigenvalue weighted by molar-refractivity contribution is 5.97. The Bertz CT molecular complexity index is 1150. The van der Waals surface area contributed by atoms with Crippen LogP contribution in [0.1, 0.15) is 35.3 Å². The molecule has 2 rings (SSSR count). The lowest BCUT2D eigenvalue weighted by Gasteiger charge is -2.19. The van der Waals surface area contributed by atoms with E-state index in [2.05, 4.69) is 5.32 Å². The number of esters is 1. The van der Waals surface area contributed by atoms with Gasteiger partial charge < -0.3 is 15.0 Å². The average Bonchev–Trinajstić information content (AvgIpc) is 2.84. The van der Waals surface area contributed by atoms with Crippen LogP contribution in [0.25, 0.3) is 11.6 Å². The van der Waals surface area contributed by atoms with Crippen molar-refractivity contribution in [2.75, 3.05) is 26.1 Å². The first kappa shape index (κ1) is 25.9. The predicted molar refractivity (Wildman–Crippen MR) is 132 cm³/mol. The summed E-state index contributed by atoms with van der Waals surface area (Å²) in [7, 11) is 5.16. The number of carbonyl (C=O) groups is 2. The van der Waals surface area contributed by atoms with Crippen LogP contribution in [0.5, 0.6) is 0 Å². The van der Waals surface area contributed by atoms with Crippen LogP contribution in [0, 0.1) is 28.6 Å². The molecule has 0 fully saturated rings. The Hall–Kier alpha value is -4.36. The fourth-order valence-corrected chi connectivity index (χ4v) is 3.18. The summed E-state index contributed by atoms with van der Waals surface area (Å²) in [4.78, 5) is 26.4. The lowest BCUT2D eigenvalue weighted by molar-refractivity contribution is -0.144. The van der Waals surface area contributed by atoms with E-state index in [0.29, 0.717) is 11.1 Å². The molecule has 2 aromatic carbocycles. The van der Waals surface area contributed by atoms with Crippen molar-refractivity contribution in [3.8, 4) is 12.1 Å². The number of hydrogen-bond acceptors (Lipinski definition) is 6. The van der Waals surface area contributed by atoms with Gasteiger partial charge in [0, 0.05) is 30.9 Å². The number of ether oxygens (including phenoxy) is 1. The Kier molecular flexibility index (Phi) is 9.17. The van der Waals surface area contributed by atoms with E-state index in [-0.39, 0.29) is 17.4 Å². The summed E-state index contributed by atoms with van der Waals surface area (Å²) >= 11 is 0. The third-order valence-electron chi connectivity index (χ3n) is 5.21. The molecular weight excluding hydrogens is 428 g/mol. The largest absolute Gasteiger partial charge is 0.467 e. The molecular formula is C27H28N4O3. The minimum Gasteiger partial charge on any atom is -0.467 e. The van der Waals surface area contributed by atoms with Gasteiger partial charge in [-0.1, -0.05) is 50.3 Å². The van der Waals surface area contributed by atoms with Gasteiger partial charge in [-0.25, -0.2) is 4.79 Å². The van der Waals surface area contributed by atoms with Crippen LogP contribution in [-0.4, -0.2) is 39.1 Å². The molecule has 174 valence electrons. The molecule has 0 aromatic heterocycles. The normalized spacial score (nSPS) is 11.3. The first-order chi connectivity index (χ1) is 16.2. The van der Waals surface area contributed by atoms with Gasteiger partial charge in [0.25, 0.3) is 5.91 Å². The quantitative estimate of drug-likeness (QED) is 0.363. The number of amides is 1. The zero-order chi connectivity index (χ0) is 25.3. The van der Waals surface area contributed by atoms with Crippen LogP contribution in [0.4, 0.5) is 5.69 Å². The Balaban J connectivity index is 2.26. The smallest absolute Gasteiger partial charge is 0.328 e. The molecule has 0 aliphatic carbocycles. The van der Waals surface area contributed by atoms with Crippen molar-refractivity contribution in [3.63, 3.8) is 0 Å². The fourth-order valence-electron chi connectivity index (χ4n) is 3.18. The second-order valence-electron chi connectivity index (χ2n) is 8.13. The van der Waals surface area contributed by atoms with E-state index in [1.54, 1.807) is 36.4 Å². The molecule has 7 nitrogen and oxygen atoms in total. The number of allylic oxidation sites excluding steroid dienone is 3. The maximum absolute atomic E-state index is 12.6. The number of carbonyl (C=O) groups excluding carboxylic acids is 2. The van der Waals surface area contributed by atoms with Gasteiger partial charge in [0.2, 0.25) is 0 Å². The monoisotopic (exact) mass is 456 g/mol. The van der Waals surface area contributed by atoms with Crippen LogP contribution >= 0.6 is 0 Å². The van der Waals surface area contributed by atoms with Gasteiger partial charge >= 0.3 is 5.97 Å². The van der Waals surface area contributed by atoms with Crippen molar-refractivity contribution in [2.45, 2.75) is 19.9 Å². The van der Waals surface area contributed by atoms with E-state index < -0.39 is 12.0 Å². The third kappa shape index (κ3) is 6.57. The fraction of sp³-hybridized carbons (Fsp3) is 0.259. The van der Waals surface area contributed by atoms with E-state index in [1.165, 1.54) is 7.11 Å². The van der Waals surface area contributed by atoms with Crippen LogP contribution in [0.15, 0.2) is 60.2 Å². The highest BCUT2D eigenvalue weighted by atomic mass is 16.5. The molecule has 1 amide bonds. The number of nitrogens with one attached hydrogen (secondary N) is 1. The Morgan fingerprint density at radius 2 is 1.53 bits per heavy atom. The van der Waals surface area contributed by atoms with Crippen molar-refractivity contribution in [3.05, 3.63) is 76.9 Å². The van der Waals surface area contributed by atoms with Crippen molar-refractivity contribution in [2.24, 2.45) is 5.92 Å². The molecule has 0 saturated heterocycles. The van der Waals surface area contributed by atoms with E-state index in [1.807, 2.05) is 69.2 Å². The van der Waals surface area contributed by atoms with Crippen molar-refractivity contribution < 1.29 is 14.3 Å². The minimum atomic E-state index is -0.737. The number of benzene rings is 2. The number of methoxy groups -OCH3 is 1. The summed E-state index contributed by atoms with van der Waals surface area (Å²) < 4.78 is 4.76. The second-order valence-corrected chi connectivity index (χ2v) is 8.13. The van der Waals surface area contributed by atoms with Gasteiger partial charge in [0.15, 0.2) is 0 Å². The molecule has 0 saturated carbocycles. The van der Waals surface area contributed by atoms with Crippen LogP contribution < -0.4 is 10.2 Å². The summed E-state index contributed by atoms with van der Waals surface area (Å²) in [5, 5.41) is 21.5. The van der Waals surface area contributed by atoms with Crippen molar-refractivity contribution in [1.29, 1.82) is 10.5 Å². The summed E-state index contributed by atoms with van der Waals surface area (Å²) in [5.74, 6) is -0.992. The molecule has 0 bridgehead atoms. The lowest BCUT2D eigenvalue weighted by atomic mass is 9.99.